The molecule has 0 aliphatic carbocycles. The summed E-state index contributed by atoms with van der Waals surface area (Å²) in [5.41, 5.74) is 1.02. The maximum Gasteiger partial charge on any atom is 0.335 e. The summed E-state index contributed by atoms with van der Waals surface area (Å²) in [6.45, 7) is 0. The minimum Gasteiger partial charge on any atom is -0.478 e. The van der Waals surface area contributed by atoms with Crippen molar-refractivity contribution in [2.24, 2.45) is 0 Å². The molecule has 0 bridgehead atoms. The van der Waals surface area contributed by atoms with Crippen LogP contribution in [0.25, 0.3) is 10.6 Å². The maximum atomic E-state index is 10.7. The number of benzene rings is 1. The van der Waals surface area contributed by atoms with E-state index in [1.54, 1.807) is 24.4 Å². The molecule has 5 heteroatoms. The monoisotopic (exact) mass is 239 g/mol. The van der Waals surface area contributed by atoms with Crippen molar-refractivity contribution in [1.29, 1.82) is 0 Å². The summed E-state index contributed by atoms with van der Waals surface area (Å²) in [6.07, 6.45) is 1.55. The van der Waals surface area contributed by atoms with Gasteiger partial charge in [0.2, 0.25) is 0 Å². The Balaban J connectivity index is 2.45. The minimum absolute atomic E-state index is 0.249. The van der Waals surface area contributed by atoms with Crippen molar-refractivity contribution < 1.29 is 9.90 Å². The van der Waals surface area contributed by atoms with E-state index in [-0.39, 0.29) is 5.56 Å². The quantitative estimate of drug-likeness (QED) is 0.876. The molecule has 15 heavy (non-hydrogen) atoms. The summed E-state index contributed by atoms with van der Waals surface area (Å²) in [7, 11) is 0. The first-order valence-electron chi connectivity index (χ1n) is 4.12. The van der Waals surface area contributed by atoms with Crippen LogP contribution in [0.2, 0.25) is 4.34 Å². The number of aromatic nitrogens is 1. The van der Waals surface area contributed by atoms with Crippen LogP contribution in [0.3, 0.4) is 0 Å². The third kappa shape index (κ3) is 2.16. The molecule has 0 saturated carbocycles. The molecule has 1 heterocycles. The number of carbonyl (C=O) groups is 1. The van der Waals surface area contributed by atoms with E-state index in [2.05, 4.69) is 4.98 Å². The second-order valence-corrected chi connectivity index (χ2v) is 4.52. The third-order valence-electron chi connectivity index (χ3n) is 1.83. The van der Waals surface area contributed by atoms with E-state index in [1.807, 2.05) is 6.07 Å². The molecule has 2 rings (SSSR count). The molecule has 0 fully saturated rings. The van der Waals surface area contributed by atoms with E-state index in [0.717, 1.165) is 10.6 Å². The molecule has 1 aromatic heterocycles. The molecule has 0 aliphatic heterocycles. The van der Waals surface area contributed by atoms with Gasteiger partial charge in [-0.2, -0.15) is 0 Å². The normalized spacial score (nSPS) is 10.2. The van der Waals surface area contributed by atoms with Gasteiger partial charge in [-0.25, -0.2) is 9.78 Å². The highest BCUT2D eigenvalue weighted by Crippen LogP contribution is 2.28. The lowest BCUT2D eigenvalue weighted by molar-refractivity contribution is 0.0697. The average molecular weight is 240 g/mol. The summed E-state index contributed by atoms with van der Waals surface area (Å²) in [6, 6.07) is 6.62. The second kappa shape index (κ2) is 4.00. The fourth-order valence-corrected chi connectivity index (χ4v) is 2.08. The number of halogens is 1. The number of hydrogen-bond acceptors (Lipinski definition) is 3. The predicted molar refractivity (Wildman–Crippen MR) is 59.5 cm³/mol. The molecule has 0 aliphatic rings. The molecule has 1 N–H and O–H groups in total. The van der Waals surface area contributed by atoms with Gasteiger partial charge in [-0.05, 0) is 12.1 Å². The number of carboxylic acid groups (broad SMARTS) is 1. The van der Waals surface area contributed by atoms with Crippen LogP contribution in [0, 0.1) is 0 Å². The van der Waals surface area contributed by atoms with Gasteiger partial charge in [0.05, 0.1) is 11.8 Å². The van der Waals surface area contributed by atoms with Gasteiger partial charge in [0.15, 0.2) is 0 Å². The van der Waals surface area contributed by atoms with Crippen LogP contribution in [-0.4, -0.2) is 16.1 Å². The first-order valence-corrected chi connectivity index (χ1v) is 5.31. The zero-order chi connectivity index (χ0) is 10.8. The lowest BCUT2D eigenvalue weighted by atomic mass is 10.1. The van der Waals surface area contributed by atoms with Gasteiger partial charge >= 0.3 is 5.97 Å². The van der Waals surface area contributed by atoms with Gasteiger partial charge in [0.25, 0.3) is 0 Å². The summed E-state index contributed by atoms with van der Waals surface area (Å²) in [4.78, 5) is 14.8. The zero-order valence-corrected chi connectivity index (χ0v) is 9.05. The van der Waals surface area contributed by atoms with Crippen LogP contribution in [0.15, 0.2) is 30.5 Å². The Labute approximate surface area is 95.0 Å². The smallest absolute Gasteiger partial charge is 0.335 e. The van der Waals surface area contributed by atoms with Gasteiger partial charge in [0, 0.05) is 5.56 Å². The summed E-state index contributed by atoms with van der Waals surface area (Å²) in [5, 5.41) is 9.54. The fourth-order valence-electron chi connectivity index (χ4n) is 1.17. The van der Waals surface area contributed by atoms with E-state index < -0.39 is 5.97 Å². The number of rotatable bonds is 2. The van der Waals surface area contributed by atoms with Crippen molar-refractivity contribution in [1.82, 2.24) is 4.98 Å². The van der Waals surface area contributed by atoms with E-state index >= 15 is 0 Å². The molecule has 3 nitrogen and oxygen atoms in total. The van der Waals surface area contributed by atoms with Crippen LogP contribution < -0.4 is 0 Å². The molecule has 0 spiro atoms. The lowest BCUT2D eigenvalue weighted by Crippen LogP contribution is -1.95. The maximum absolute atomic E-state index is 10.7. The largest absolute Gasteiger partial charge is 0.478 e. The molecular formula is C10H6ClNO2S. The Morgan fingerprint density at radius 1 is 1.47 bits per heavy atom. The number of carboxylic acids is 1. The van der Waals surface area contributed by atoms with Crippen LogP contribution in [-0.2, 0) is 0 Å². The average Bonchev–Trinajstić information content (AvgIpc) is 2.65. The first kappa shape index (κ1) is 10.1. The SMILES string of the molecule is O=C(O)c1cccc(-c2ncc(Cl)s2)c1. The Morgan fingerprint density at radius 2 is 2.27 bits per heavy atom. The van der Waals surface area contributed by atoms with Crippen molar-refractivity contribution in [3.05, 3.63) is 40.4 Å². The van der Waals surface area contributed by atoms with Crippen LogP contribution in [0.4, 0.5) is 0 Å². The molecule has 76 valence electrons. The van der Waals surface area contributed by atoms with Gasteiger partial charge in [-0.3, -0.25) is 0 Å². The molecule has 0 unspecified atom stereocenters. The van der Waals surface area contributed by atoms with Crippen molar-refractivity contribution >= 4 is 28.9 Å². The van der Waals surface area contributed by atoms with Gasteiger partial charge in [0.1, 0.15) is 9.34 Å². The second-order valence-electron chi connectivity index (χ2n) is 2.86. The molecule has 1 aromatic carbocycles. The predicted octanol–water partition coefficient (Wildman–Crippen LogP) is 3.16. The van der Waals surface area contributed by atoms with E-state index in [4.69, 9.17) is 16.7 Å². The van der Waals surface area contributed by atoms with Crippen molar-refractivity contribution in [3.8, 4) is 10.6 Å². The summed E-state index contributed by atoms with van der Waals surface area (Å²) < 4.78 is 0.589. The van der Waals surface area contributed by atoms with Crippen LogP contribution in [0.1, 0.15) is 10.4 Å². The highest BCUT2D eigenvalue weighted by molar-refractivity contribution is 7.18. The topological polar surface area (TPSA) is 50.2 Å². The third-order valence-corrected chi connectivity index (χ3v) is 3.00. The Morgan fingerprint density at radius 3 is 2.87 bits per heavy atom. The van der Waals surface area contributed by atoms with Gasteiger partial charge in [-0.1, -0.05) is 23.7 Å². The van der Waals surface area contributed by atoms with E-state index in [1.165, 1.54) is 11.3 Å². The summed E-state index contributed by atoms with van der Waals surface area (Å²) in [5.74, 6) is -0.945. The molecule has 0 amide bonds. The molecule has 0 saturated heterocycles. The molecule has 2 aromatic rings. The standard InChI is InChI=1S/C10H6ClNO2S/c11-8-5-12-9(15-8)6-2-1-3-7(4-6)10(13)14/h1-5H,(H,13,14). The zero-order valence-electron chi connectivity index (χ0n) is 7.48. The van der Waals surface area contributed by atoms with Crippen LogP contribution >= 0.6 is 22.9 Å². The molecule has 0 radical (unpaired) electrons. The number of aromatic carboxylic acids is 1. The summed E-state index contributed by atoms with van der Waals surface area (Å²) >= 11 is 7.07. The Bertz CT molecular complexity index is 510. The Hall–Kier alpha value is -1.39. The highest BCUT2D eigenvalue weighted by atomic mass is 35.5. The van der Waals surface area contributed by atoms with Crippen molar-refractivity contribution in [3.63, 3.8) is 0 Å². The molecular weight excluding hydrogens is 234 g/mol. The lowest BCUT2D eigenvalue weighted by Gasteiger charge is -1.97. The van der Waals surface area contributed by atoms with E-state index in [0.29, 0.717) is 4.34 Å². The number of thiazole rings is 1. The minimum atomic E-state index is -0.945. The van der Waals surface area contributed by atoms with Crippen molar-refractivity contribution in [2.75, 3.05) is 0 Å². The van der Waals surface area contributed by atoms with Gasteiger partial charge < -0.3 is 5.11 Å². The first-order chi connectivity index (χ1) is 7.16. The van der Waals surface area contributed by atoms with Crippen molar-refractivity contribution in [2.45, 2.75) is 0 Å². The number of nitrogens with zero attached hydrogens (tertiary/aromatic N) is 1. The molecule has 0 atom stereocenters. The van der Waals surface area contributed by atoms with E-state index in [9.17, 15) is 4.79 Å². The van der Waals surface area contributed by atoms with Crippen LogP contribution in [0.5, 0.6) is 0 Å². The van der Waals surface area contributed by atoms with Gasteiger partial charge in [-0.15, -0.1) is 11.3 Å². The highest BCUT2D eigenvalue weighted by Gasteiger charge is 2.07. The Kier molecular flexibility index (Phi) is 2.70. The fraction of sp³-hybridized carbons (Fsp3) is 0. The number of hydrogen-bond donors (Lipinski definition) is 1.